The van der Waals surface area contributed by atoms with Crippen molar-refractivity contribution in [3.05, 3.63) is 60.2 Å². The molecule has 26 heavy (non-hydrogen) atoms. The van der Waals surface area contributed by atoms with Crippen molar-refractivity contribution in [3.63, 3.8) is 0 Å². The van der Waals surface area contributed by atoms with Gasteiger partial charge in [0.05, 0.1) is 0 Å². The molecule has 2 rings (SSSR count). The molecule has 2 aromatic carbocycles. The molecular weight excluding hydrogens is 320 g/mol. The molecule has 0 saturated carbocycles. The molecule has 0 aliphatic heterocycles. The average molecular weight is 355 g/mol. The number of rotatable bonds is 13. The smallest absolute Gasteiger partial charge is 0.127 e. The van der Waals surface area contributed by atoms with Crippen molar-refractivity contribution < 1.29 is 4.74 Å². The van der Waals surface area contributed by atoms with Gasteiger partial charge in [-0.05, 0) is 55.8 Å². The van der Waals surface area contributed by atoms with Gasteiger partial charge in [0.25, 0.3) is 0 Å². The Bertz CT molecular complexity index is 575. The van der Waals surface area contributed by atoms with Crippen LogP contribution in [0.25, 0.3) is 0 Å². The minimum absolute atomic E-state index is 0.873. The zero-order valence-corrected chi connectivity index (χ0v) is 16.4. The molecule has 2 aromatic rings. The van der Waals surface area contributed by atoms with E-state index < -0.39 is 0 Å². The van der Waals surface area contributed by atoms with E-state index in [1.807, 2.05) is 42.5 Å². The first kappa shape index (κ1) is 20.5. The fourth-order valence-electron chi connectivity index (χ4n) is 2.87. The molecule has 0 aromatic heterocycles. The quantitative estimate of drug-likeness (QED) is 0.483. The summed E-state index contributed by atoms with van der Waals surface area (Å²) in [4.78, 5) is 2.59. The van der Waals surface area contributed by atoms with Gasteiger partial charge in [0.1, 0.15) is 11.5 Å². The lowest BCUT2D eigenvalue weighted by atomic mass is 10.2. The number of ether oxygens (including phenoxy) is 1. The van der Waals surface area contributed by atoms with E-state index in [1.54, 1.807) is 0 Å². The van der Waals surface area contributed by atoms with E-state index >= 15 is 0 Å². The summed E-state index contributed by atoms with van der Waals surface area (Å²) in [5, 5.41) is 3.57. The van der Waals surface area contributed by atoms with Gasteiger partial charge in [0.15, 0.2) is 0 Å². The van der Waals surface area contributed by atoms with Crippen molar-refractivity contribution in [2.75, 3.05) is 26.2 Å². The first-order valence-electron chi connectivity index (χ1n) is 10.1. The minimum atomic E-state index is 0.873. The topological polar surface area (TPSA) is 24.5 Å². The number of hydrogen-bond donors (Lipinski definition) is 1. The summed E-state index contributed by atoms with van der Waals surface area (Å²) in [7, 11) is 0. The zero-order chi connectivity index (χ0) is 18.5. The molecular formula is C23H34N2O. The SMILES string of the molecule is CCCCN(CCCC)CCNCc1ccc(Oc2ccccc2)cc1. The third-order valence-electron chi connectivity index (χ3n) is 4.49. The summed E-state index contributed by atoms with van der Waals surface area (Å²) in [6.45, 7) is 10.1. The monoisotopic (exact) mass is 354 g/mol. The molecule has 0 aliphatic rings. The normalized spacial score (nSPS) is 11.0. The van der Waals surface area contributed by atoms with Crippen molar-refractivity contribution in [1.82, 2.24) is 10.2 Å². The Morgan fingerprint density at radius 2 is 1.38 bits per heavy atom. The van der Waals surface area contributed by atoms with E-state index in [1.165, 1.54) is 44.3 Å². The predicted octanol–water partition coefficient (Wildman–Crippen LogP) is 5.47. The molecule has 0 fully saturated rings. The van der Waals surface area contributed by atoms with Crippen molar-refractivity contribution in [3.8, 4) is 11.5 Å². The maximum absolute atomic E-state index is 5.84. The molecule has 0 heterocycles. The molecule has 0 atom stereocenters. The highest BCUT2D eigenvalue weighted by Crippen LogP contribution is 2.21. The minimum Gasteiger partial charge on any atom is -0.457 e. The van der Waals surface area contributed by atoms with E-state index in [0.29, 0.717) is 0 Å². The van der Waals surface area contributed by atoms with E-state index in [-0.39, 0.29) is 0 Å². The molecule has 0 bridgehead atoms. The number of unbranched alkanes of at least 4 members (excludes halogenated alkanes) is 2. The van der Waals surface area contributed by atoms with Gasteiger partial charge in [-0.1, -0.05) is 57.0 Å². The Morgan fingerprint density at radius 1 is 0.769 bits per heavy atom. The van der Waals surface area contributed by atoms with Crippen molar-refractivity contribution in [1.29, 1.82) is 0 Å². The van der Waals surface area contributed by atoms with Gasteiger partial charge < -0.3 is 15.0 Å². The fourth-order valence-corrected chi connectivity index (χ4v) is 2.87. The second kappa shape index (κ2) is 12.5. The van der Waals surface area contributed by atoms with Crippen molar-refractivity contribution in [2.24, 2.45) is 0 Å². The summed E-state index contributed by atoms with van der Waals surface area (Å²) in [6.07, 6.45) is 5.14. The third-order valence-corrected chi connectivity index (χ3v) is 4.49. The van der Waals surface area contributed by atoms with Crippen LogP contribution >= 0.6 is 0 Å². The largest absolute Gasteiger partial charge is 0.457 e. The van der Waals surface area contributed by atoms with Crippen LogP contribution in [0.2, 0.25) is 0 Å². The number of nitrogens with one attached hydrogen (secondary N) is 1. The highest BCUT2D eigenvalue weighted by Gasteiger charge is 2.03. The van der Waals surface area contributed by atoms with Gasteiger partial charge in [-0.2, -0.15) is 0 Å². The highest BCUT2D eigenvalue weighted by molar-refractivity contribution is 5.32. The summed E-state index contributed by atoms with van der Waals surface area (Å²) >= 11 is 0. The van der Waals surface area contributed by atoms with Gasteiger partial charge in [-0.3, -0.25) is 0 Å². The van der Waals surface area contributed by atoms with Crippen LogP contribution < -0.4 is 10.1 Å². The number of para-hydroxylation sites is 1. The Kier molecular flexibility index (Phi) is 9.84. The van der Waals surface area contributed by atoms with Crippen LogP contribution in [-0.4, -0.2) is 31.1 Å². The van der Waals surface area contributed by atoms with E-state index in [0.717, 1.165) is 31.1 Å². The lowest BCUT2D eigenvalue weighted by Crippen LogP contribution is -2.33. The average Bonchev–Trinajstić information content (AvgIpc) is 2.68. The Balaban J connectivity index is 1.70. The molecule has 0 spiro atoms. The molecule has 3 heteroatoms. The van der Waals surface area contributed by atoms with Crippen molar-refractivity contribution >= 4 is 0 Å². The maximum Gasteiger partial charge on any atom is 0.127 e. The molecule has 0 saturated heterocycles. The summed E-state index contributed by atoms with van der Waals surface area (Å²) in [5.74, 6) is 1.75. The van der Waals surface area contributed by atoms with E-state index in [2.05, 4.69) is 36.2 Å². The lowest BCUT2D eigenvalue weighted by Gasteiger charge is -2.22. The second-order valence-electron chi connectivity index (χ2n) is 6.78. The molecule has 0 aliphatic carbocycles. The van der Waals surface area contributed by atoms with Gasteiger partial charge >= 0.3 is 0 Å². The zero-order valence-electron chi connectivity index (χ0n) is 16.4. The fraction of sp³-hybridized carbons (Fsp3) is 0.478. The maximum atomic E-state index is 5.84. The molecule has 0 radical (unpaired) electrons. The standard InChI is InChI=1S/C23H34N2O/c1-3-5-17-25(18-6-4-2)19-16-24-20-21-12-14-23(15-13-21)26-22-10-8-7-9-11-22/h7-15,24H,3-6,16-20H2,1-2H3. The van der Waals surface area contributed by atoms with Crippen LogP contribution in [0.15, 0.2) is 54.6 Å². The first-order valence-corrected chi connectivity index (χ1v) is 10.1. The van der Waals surface area contributed by atoms with Crippen LogP contribution in [0.3, 0.4) is 0 Å². The second-order valence-corrected chi connectivity index (χ2v) is 6.78. The van der Waals surface area contributed by atoms with Gasteiger partial charge in [0.2, 0.25) is 0 Å². The number of nitrogens with zero attached hydrogens (tertiary/aromatic N) is 1. The Morgan fingerprint density at radius 3 is 2.00 bits per heavy atom. The first-order chi connectivity index (χ1) is 12.8. The van der Waals surface area contributed by atoms with Gasteiger partial charge in [0, 0.05) is 19.6 Å². The van der Waals surface area contributed by atoms with Crippen LogP contribution in [0.1, 0.15) is 45.1 Å². The summed E-state index contributed by atoms with van der Waals surface area (Å²) in [5.41, 5.74) is 1.29. The molecule has 1 N–H and O–H groups in total. The number of benzene rings is 2. The lowest BCUT2D eigenvalue weighted by molar-refractivity contribution is 0.264. The van der Waals surface area contributed by atoms with Gasteiger partial charge in [-0.15, -0.1) is 0 Å². The molecule has 3 nitrogen and oxygen atoms in total. The molecule has 0 amide bonds. The van der Waals surface area contributed by atoms with Gasteiger partial charge in [-0.25, -0.2) is 0 Å². The van der Waals surface area contributed by atoms with Crippen molar-refractivity contribution in [2.45, 2.75) is 46.1 Å². The number of hydrogen-bond acceptors (Lipinski definition) is 3. The molecule has 142 valence electrons. The van der Waals surface area contributed by atoms with Crippen LogP contribution in [0.5, 0.6) is 11.5 Å². The molecule has 0 unspecified atom stereocenters. The van der Waals surface area contributed by atoms with Crippen LogP contribution in [0, 0.1) is 0 Å². The van der Waals surface area contributed by atoms with E-state index in [4.69, 9.17) is 4.74 Å². The van der Waals surface area contributed by atoms with Crippen LogP contribution in [0.4, 0.5) is 0 Å². The third kappa shape index (κ3) is 8.03. The summed E-state index contributed by atoms with van der Waals surface area (Å²) < 4.78 is 5.84. The Hall–Kier alpha value is -1.84. The predicted molar refractivity (Wildman–Crippen MR) is 111 cm³/mol. The Labute approximate surface area is 159 Å². The summed E-state index contributed by atoms with van der Waals surface area (Å²) in [6, 6.07) is 18.3. The van der Waals surface area contributed by atoms with Crippen LogP contribution in [-0.2, 0) is 6.54 Å². The highest BCUT2D eigenvalue weighted by atomic mass is 16.5. The van der Waals surface area contributed by atoms with E-state index in [9.17, 15) is 0 Å².